The molecule has 0 bridgehead atoms. The van der Waals surface area contributed by atoms with Gasteiger partial charge in [-0.1, -0.05) is 123 Å². The monoisotopic (exact) mass is 1890 g/mol. The summed E-state index contributed by atoms with van der Waals surface area (Å²) in [4.78, 5) is 217. The number of carbonyl (C=O) groups excluding carboxylic acids is 14. The molecule has 0 spiro atoms. The van der Waals surface area contributed by atoms with Crippen molar-refractivity contribution < 1.29 is 92.3 Å². The van der Waals surface area contributed by atoms with Gasteiger partial charge in [0.05, 0.1) is 73.4 Å². The number of primary amides is 1. The minimum absolute atomic E-state index is 0.0105. The second-order valence-corrected chi connectivity index (χ2v) is 36.6. The molecule has 0 unspecified atom stereocenters. The summed E-state index contributed by atoms with van der Waals surface area (Å²) < 4.78 is 0. The van der Waals surface area contributed by atoms with Gasteiger partial charge in [0.2, 0.25) is 47.3 Å². The number of aliphatic carboxylic acids is 1. The number of nitrogens with zero attached hydrogens (tertiary/aromatic N) is 3. The summed E-state index contributed by atoms with van der Waals surface area (Å²) in [6.07, 6.45) is 22.0. The Morgan fingerprint density at radius 1 is 0.459 bits per heavy atom. The van der Waals surface area contributed by atoms with Crippen LogP contribution in [0.1, 0.15) is 291 Å². The van der Waals surface area contributed by atoms with Gasteiger partial charge in [0, 0.05) is 100 Å². The smallest absolute Gasteiger partial charge is 0.305 e. The van der Waals surface area contributed by atoms with Gasteiger partial charge in [0.1, 0.15) is 17.6 Å². The number of carboxylic acids is 1. The van der Waals surface area contributed by atoms with Crippen LogP contribution in [0.15, 0.2) is 46.8 Å². The number of hydrogen-bond donors (Lipinski definition) is 20. The third kappa shape index (κ3) is 56.2. The standard InChI is InChI=1S/C56H87N11O15S.C38H76N8O4/c1-31(2)19-43(48(74)25-37(51(58)78)22-39-28-61-30-63-39)65-53(80)36(10-8-17-62-56(59)60)24-46(72)44(21-34-11-13-40(71)14-12-34)66-52(79)35(9-6-7-16-57)23-47(73)45(27-50(76)77)67-55(82)41(33(4)70)26-49(75)42(15-18-83-5)64-54(81)38(29-68)20-32(3)69;1-4-5-6-7-8-9-10-11-12-13-14-15-16-25-35(48)45-33(24-18-20-27-40)37(50)46-32(23-17-19-26-39)34(47)29-30(2)36(49)44-31(3)22-21-28-43-38(41)42/h11-14,28,30-31,33,35-38,41-45,68,70-71H,6-10,15-27,29,57H2,1-5H3,(H2,58,78)(H,61,63)(H,64,81)(H,65,80)(H,66,79)(H,67,82)(H,76,77)(H4,59,60,62);30-33H,4-29,39-40H2,1-3H3,(H,44,49)(H,45,48)(H,46,50)(H4,41,42,43)/t33-,35-,36-,37-,38+,41+,42+,43+,44+,45+;30-,31-,32+,33+/m11/s1. The van der Waals surface area contributed by atoms with E-state index in [9.17, 15) is 92.3 Å². The number of amides is 8. The molecule has 2 aromatic rings. The Morgan fingerprint density at radius 2 is 0.917 bits per heavy atom. The third-order valence-electron chi connectivity index (χ3n) is 23.1. The Labute approximate surface area is 790 Å². The minimum Gasteiger partial charge on any atom is -0.508 e. The van der Waals surface area contributed by atoms with Gasteiger partial charge in [-0.05, 0) is 179 Å². The second-order valence-electron chi connectivity index (χ2n) is 35.6. The van der Waals surface area contributed by atoms with Crippen LogP contribution < -0.4 is 83.1 Å². The summed E-state index contributed by atoms with van der Waals surface area (Å²) in [5.41, 5.74) is 45.7. The van der Waals surface area contributed by atoms with Crippen LogP contribution in [0, 0.1) is 41.4 Å². The number of imidazole rings is 1. The quantitative estimate of drug-likeness (QED) is 0.0238. The summed E-state index contributed by atoms with van der Waals surface area (Å²) in [7, 11) is 0. The maximum absolute atomic E-state index is 14.7. The predicted molar refractivity (Wildman–Crippen MR) is 515 cm³/mol. The number of carboxylic acid groups (broad SMARTS) is 1. The van der Waals surface area contributed by atoms with Crippen LogP contribution in [0.3, 0.4) is 0 Å². The van der Waals surface area contributed by atoms with Crippen molar-refractivity contribution in [3.63, 3.8) is 0 Å². The number of rotatable bonds is 78. The van der Waals surface area contributed by atoms with Crippen molar-refractivity contribution in [1.82, 2.24) is 47.2 Å². The highest BCUT2D eigenvalue weighted by Gasteiger charge is 2.39. The zero-order chi connectivity index (χ0) is 99.8. The predicted octanol–water partition coefficient (Wildman–Crippen LogP) is 4.90. The molecule has 14 atom stereocenters. The summed E-state index contributed by atoms with van der Waals surface area (Å²) in [6.45, 7) is 13.0. The molecular formula is C94H163N19O19S. The Morgan fingerprint density at radius 3 is 1.41 bits per heavy atom. The second kappa shape index (κ2) is 71.7. The highest BCUT2D eigenvalue weighted by Crippen LogP contribution is 2.26. The molecule has 1 aromatic heterocycles. The molecule has 0 aliphatic rings. The van der Waals surface area contributed by atoms with Crippen LogP contribution in [0.5, 0.6) is 5.75 Å². The number of guanidine groups is 2. The van der Waals surface area contributed by atoms with Crippen LogP contribution in [-0.2, 0) is 84.8 Å². The first-order valence-corrected chi connectivity index (χ1v) is 49.1. The van der Waals surface area contributed by atoms with Gasteiger partial charge in [-0.3, -0.25) is 77.1 Å². The number of nitrogens with one attached hydrogen (secondary N) is 8. The number of carbonyl (C=O) groups is 15. The van der Waals surface area contributed by atoms with Crippen LogP contribution in [0.2, 0.25) is 0 Å². The first-order valence-electron chi connectivity index (χ1n) is 47.7. The molecule has 0 saturated heterocycles. The number of aliphatic imine (C=N–C) groups is 2. The number of aromatic nitrogens is 2. The van der Waals surface area contributed by atoms with Crippen molar-refractivity contribution >= 4 is 112 Å². The molecule has 1 heterocycles. The molecule has 2 rings (SSSR count). The Balaban J connectivity index is 0.00000151. The Kier molecular flexibility index (Phi) is 65.3. The van der Waals surface area contributed by atoms with Crippen molar-refractivity contribution in [3.8, 4) is 5.75 Å². The number of thioether (sulfide) groups is 1. The fraction of sp³-hybridized carbons (Fsp3) is 0.723. The van der Waals surface area contributed by atoms with E-state index in [0.717, 1.165) is 25.7 Å². The van der Waals surface area contributed by atoms with E-state index in [1.54, 1.807) is 13.2 Å². The molecule has 38 nitrogen and oxygen atoms in total. The molecule has 39 heteroatoms. The zero-order valence-electron chi connectivity index (χ0n) is 80.2. The van der Waals surface area contributed by atoms with Crippen LogP contribution in [0.4, 0.5) is 0 Å². The van der Waals surface area contributed by atoms with E-state index in [4.69, 9.17) is 45.9 Å². The van der Waals surface area contributed by atoms with Crippen molar-refractivity contribution in [2.24, 2.45) is 97.3 Å². The normalized spacial score (nSPS) is 14.4. The SMILES string of the molecule is CCCCCCCCCCCCCCCC(=O)N[C@@H](CCCCN)C(=O)N[C@@H](CCCCN)C(=O)C[C@@H](C)C(=O)N[C@H](C)CCCN=C(N)N.CSCC[C@H](NC(=O)[C@H](CO)CC(C)=O)C(=O)C[C@H](C(=O)N[C@@H](CC(=O)O)C(=O)C[C@@H](CCCCN)C(=O)N[C@@H](Cc1ccc(O)cc1)C(=O)C[C@@H](CCCN=C(N)N)C(=O)N[C@@H](CC(C)C)C(=O)C[C@@H](Cc1cnc[nH]1)C(N)=O)[C@@H](C)O. The number of unbranched alkanes of at least 4 members (excludes halogenated alkanes) is 15. The molecule has 133 heavy (non-hydrogen) atoms. The summed E-state index contributed by atoms with van der Waals surface area (Å²) in [6, 6.07) is -1.41. The maximum atomic E-state index is 14.7. The molecule has 754 valence electrons. The number of aromatic hydroxyl groups is 1. The van der Waals surface area contributed by atoms with Gasteiger partial charge in [0.25, 0.3) is 0 Å². The molecule has 28 N–H and O–H groups in total. The van der Waals surface area contributed by atoms with Crippen molar-refractivity contribution in [2.45, 2.75) is 341 Å². The summed E-state index contributed by atoms with van der Waals surface area (Å²) in [5.74, 6) is -16.5. The van der Waals surface area contributed by atoms with Gasteiger partial charge in [0.15, 0.2) is 40.8 Å². The largest absolute Gasteiger partial charge is 0.508 e. The van der Waals surface area contributed by atoms with E-state index >= 15 is 0 Å². The number of aromatic amines is 1. The number of ketones is 6. The van der Waals surface area contributed by atoms with Crippen molar-refractivity contribution in [1.29, 1.82) is 0 Å². The van der Waals surface area contributed by atoms with E-state index in [1.807, 2.05) is 20.8 Å². The van der Waals surface area contributed by atoms with Gasteiger partial charge in [-0.15, -0.1) is 0 Å². The zero-order valence-corrected chi connectivity index (χ0v) is 81.0. The molecule has 0 fully saturated rings. The average molecular weight is 1900 g/mol. The molecular weight excluding hydrogens is 1730 g/mol. The van der Waals surface area contributed by atoms with E-state index in [2.05, 4.69) is 64.1 Å². The molecule has 1 aromatic carbocycles. The van der Waals surface area contributed by atoms with Gasteiger partial charge >= 0.3 is 5.97 Å². The molecule has 0 saturated carbocycles. The number of hydrogen-bond acceptors (Lipinski definition) is 25. The third-order valence-corrected chi connectivity index (χ3v) is 23.7. The number of aliphatic hydroxyl groups is 2. The first kappa shape index (κ1) is 121. The van der Waals surface area contributed by atoms with Crippen LogP contribution >= 0.6 is 11.8 Å². The lowest BCUT2D eigenvalue weighted by Gasteiger charge is -2.27. The number of Topliss-reactive ketones (excluding diaryl/α,β-unsaturated/α-hetero) is 6. The number of nitrogens with two attached hydrogens (primary N) is 8. The van der Waals surface area contributed by atoms with Crippen molar-refractivity contribution in [2.75, 3.05) is 51.3 Å². The first-order chi connectivity index (χ1) is 63.2. The minimum atomic E-state index is -1.80. The van der Waals surface area contributed by atoms with E-state index < -0.39 is 169 Å². The van der Waals surface area contributed by atoms with Crippen LogP contribution in [-0.4, -0.2) is 230 Å². The van der Waals surface area contributed by atoms with Gasteiger partial charge < -0.3 is 113 Å². The average Bonchev–Trinajstić information content (AvgIpc) is 1.49. The maximum Gasteiger partial charge on any atom is 0.305 e. The molecule has 0 aliphatic heterocycles. The number of aliphatic hydroxyl groups excluding tert-OH is 2. The van der Waals surface area contributed by atoms with Crippen LogP contribution in [0.25, 0.3) is 0 Å². The lowest BCUT2D eigenvalue weighted by atomic mass is 9.88. The highest BCUT2D eigenvalue weighted by atomic mass is 32.2. The van der Waals surface area contributed by atoms with Gasteiger partial charge in [-0.25, -0.2) is 4.98 Å². The molecule has 8 amide bonds. The van der Waals surface area contributed by atoms with E-state index in [1.165, 1.54) is 127 Å². The fourth-order valence-corrected chi connectivity index (χ4v) is 15.7. The number of phenols is 1. The number of phenolic OH excluding ortho intramolecular Hbond substituents is 1. The van der Waals surface area contributed by atoms with E-state index in [-0.39, 0.29) is 143 Å². The molecule has 0 radical (unpaired) electrons. The lowest BCUT2D eigenvalue weighted by Crippen LogP contribution is -2.52. The Hall–Kier alpha value is -9.83. The number of H-pyrrole nitrogens is 1. The lowest BCUT2D eigenvalue weighted by molar-refractivity contribution is -0.142. The summed E-state index contributed by atoms with van der Waals surface area (Å²) >= 11 is 1.34. The topological polar surface area (TPSA) is 683 Å². The van der Waals surface area contributed by atoms with E-state index in [0.29, 0.717) is 94.4 Å². The molecule has 0 aliphatic carbocycles. The highest BCUT2D eigenvalue weighted by molar-refractivity contribution is 7.98. The summed E-state index contributed by atoms with van der Waals surface area (Å²) in [5, 5.41) is 59.8. The fourth-order valence-electron chi connectivity index (χ4n) is 15.2. The Bertz CT molecular complexity index is 3850. The number of benzene rings is 1. The van der Waals surface area contributed by atoms with Gasteiger partial charge in [-0.2, -0.15) is 11.8 Å². The van der Waals surface area contributed by atoms with Crippen molar-refractivity contribution in [3.05, 3.63) is 48.0 Å².